The molecule has 0 aromatic heterocycles. The van der Waals surface area contributed by atoms with Gasteiger partial charge in [-0.05, 0) is 25.7 Å². The quantitative estimate of drug-likeness (QED) is 0.0409. The number of aliphatic hydroxyl groups excluding tert-OH is 1. The van der Waals surface area contributed by atoms with E-state index in [2.05, 4.69) is 27.7 Å². The zero-order chi connectivity index (χ0) is 54.5. The van der Waals surface area contributed by atoms with Crippen LogP contribution in [0.25, 0.3) is 0 Å². The molecule has 0 aliphatic rings. The first-order valence-corrected chi connectivity index (χ1v) is 33.3. The van der Waals surface area contributed by atoms with Gasteiger partial charge in [0.2, 0.25) is 11.2 Å². The molecular formula is C67H128O7. The molecule has 0 saturated heterocycles. The molecule has 74 heavy (non-hydrogen) atoms. The number of hydrogen-bond donors (Lipinski definition) is 3. The highest BCUT2D eigenvalue weighted by Gasteiger charge is 2.62. The normalized spacial score (nSPS) is 12.1. The fraction of sp³-hybridized carbons (Fsp3) is 0.940. The van der Waals surface area contributed by atoms with Gasteiger partial charge in [0.05, 0.1) is 0 Å². The van der Waals surface area contributed by atoms with E-state index in [1.54, 1.807) is 0 Å². The van der Waals surface area contributed by atoms with Crippen molar-refractivity contribution in [3.8, 4) is 0 Å². The number of unbranched alkanes of at least 4 members (excludes halogenated alkanes) is 48. The third-order valence-electron chi connectivity index (χ3n) is 16.5. The smallest absolute Gasteiger partial charge is 0.211 e. The monoisotopic (exact) mass is 1040 g/mol. The first-order valence-electron chi connectivity index (χ1n) is 33.3. The Morgan fingerprint density at radius 1 is 0.230 bits per heavy atom. The number of ketones is 4. The van der Waals surface area contributed by atoms with Gasteiger partial charge in [-0.25, -0.2) is 0 Å². The van der Waals surface area contributed by atoms with E-state index in [9.17, 15) is 34.5 Å². The molecule has 0 unspecified atom stereocenters. The van der Waals surface area contributed by atoms with Crippen LogP contribution in [0.15, 0.2) is 0 Å². The highest BCUT2D eigenvalue weighted by atomic mass is 16.4. The SMILES string of the molecule is CCCCCCCCCCCCCCCC(=O)C(O)(C(=O)CCCCCCCCCCCCCCC)C(O)C(O)(C(=O)CCCCCCCCCCCCCCC)C(=O)CCCCCCCCCCCCCCC. The predicted molar refractivity (Wildman–Crippen MR) is 317 cm³/mol. The van der Waals surface area contributed by atoms with Crippen LogP contribution < -0.4 is 0 Å². The summed E-state index contributed by atoms with van der Waals surface area (Å²) in [4.78, 5) is 57.1. The van der Waals surface area contributed by atoms with Gasteiger partial charge in [0.15, 0.2) is 23.1 Å². The van der Waals surface area contributed by atoms with Gasteiger partial charge in [0, 0.05) is 25.7 Å². The van der Waals surface area contributed by atoms with Crippen molar-refractivity contribution in [2.24, 2.45) is 0 Å². The van der Waals surface area contributed by atoms with Crippen molar-refractivity contribution in [1.82, 2.24) is 0 Å². The topological polar surface area (TPSA) is 129 Å². The zero-order valence-corrected chi connectivity index (χ0v) is 50.1. The van der Waals surface area contributed by atoms with E-state index in [4.69, 9.17) is 0 Å². The zero-order valence-electron chi connectivity index (χ0n) is 50.1. The van der Waals surface area contributed by atoms with Crippen LogP contribution in [0.2, 0.25) is 0 Å². The van der Waals surface area contributed by atoms with Gasteiger partial charge >= 0.3 is 0 Å². The Hall–Kier alpha value is -1.44. The Morgan fingerprint density at radius 3 is 0.459 bits per heavy atom. The maximum absolute atomic E-state index is 14.3. The fourth-order valence-corrected chi connectivity index (χ4v) is 11.2. The summed E-state index contributed by atoms with van der Waals surface area (Å²) in [5.41, 5.74) is -6.08. The van der Waals surface area contributed by atoms with E-state index < -0.39 is 40.4 Å². The van der Waals surface area contributed by atoms with Gasteiger partial charge in [-0.1, -0.05) is 336 Å². The average molecular weight is 1050 g/mol. The number of aliphatic hydroxyl groups is 3. The first kappa shape index (κ1) is 72.6. The molecule has 0 saturated carbocycles. The molecule has 0 spiro atoms. The number of Topliss-reactive ketones (excluding diaryl/α,β-unsaturated/α-hetero) is 4. The summed E-state index contributed by atoms with van der Waals surface area (Å²) in [6.45, 7) is 8.98. The lowest BCUT2D eigenvalue weighted by Crippen LogP contribution is -2.69. The molecule has 7 nitrogen and oxygen atoms in total. The van der Waals surface area contributed by atoms with E-state index >= 15 is 0 Å². The molecule has 0 amide bonds. The second kappa shape index (κ2) is 53.6. The predicted octanol–water partition coefficient (Wildman–Crippen LogP) is 20.0. The summed E-state index contributed by atoms with van der Waals surface area (Å²) in [7, 11) is 0. The maximum atomic E-state index is 14.3. The van der Waals surface area contributed by atoms with Crippen molar-refractivity contribution in [2.75, 3.05) is 0 Å². The summed E-state index contributed by atoms with van der Waals surface area (Å²) in [6.07, 6.45) is 55.0. The minimum atomic E-state index is -3.04. The minimum Gasteiger partial charge on any atom is -0.385 e. The molecule has 438 valence electrons. The highest BCUT2D eigenvalue weighted by Crippen LogP contribution is 2.33. The molecule has 0 aliphatic carbocycles. The van der Waals surface area contributed by atoms with Gasteiger partial charge in [-0.2, -0.15) is 0 Å². The van der Waals surface area contributed by atoms with Gasteiger partial charge in [-0.15, -0.1) is 0 Å². The molecule has 0 rings (SSSR count). The van der Waals surface area contributed by atoms with Gasteiger partial charge in [0.25, 0.3) is 0 Å². The summed E-state index contributed by atoms with van der Waals surface area (Å²) >= 11 is 0. The molecule has 7 heteroatoms. The van der Waals surface area contributed by atoms with E-state index in [1.807, 2.05) is 0 Å². The largest absolute Gasteiger partial charge is 0.385 e. The average Bonchev–Trinajstić information content (AvgIpc) is 3.40. The molecular weight excluding hydrogens is 917 g/mol. The van der Waals surface area contributed by atoms with Crippen LogP contribution in [0.5, 0.6) is 0 Å². The summed E-state index contributed by atoms with van der Waals surface area (Å²) in [5, 5.41) is 37.0. The summed E-state index contributed by atoms with van der Waals surface area (Å²) in [5.74, 6) is -3.52. The molecule has 0 aliphatic heterocycles. The Bertz CT molecular complexity index is 1080. The van der Waals surface area contributed by atoms with Crippen molar-refractivity contribution in [3.63, 3.8) is 0 Å². The highest BCUT2D eigenvalue weighted by molar-refractivity contribution is 6.16. The Morgan fingerprint density at radius 2 is 0.338 bits per heavy atom. The third kappa shape index (κ3) is 38.2. The minimum absolute atomic E-state index is 0.161. The van der Waals surface area contributed by atoms with Crippen LogP contribution in [0.3, 0.4) is 0 Å². The van der Waals surface area contributed by atoms with Crippen molar-refractivity contribution in [2.45, 2.75) is 405 Å². The number of carbonyl (C=O) groups is 4. The molecule has 0 aromatic carbocycles. The number of hydrogen-bond acceptors (Lipinski definition) is 7. The van der Waals surface area contributed by atoms with Crippen molar-refractivity contribution >= 4 is 23.1 Å². The lowest BCUT2D eigenvalue weighted by atomic mass is 9.71. The van der Waals surface area contributed by atoms with Gasteiger partial charge in [-0.3, -0.25) is 19.2 Å². The molecule has 3 N–H and O–H groups in total. The van der Waals surface area contributed by atoms with Crippen LogP contribution in [-0.4, -0.2) is 55.8 Å². The van der Waals surface area contributed by atoms with E-state index in [0.717, 1.165) is 103 Å². The molecule has 0 bridgehead atoms. The standard InChI is InChI=1S/C67H128O7/c1-5-9-13-17-21-25-29-33-37-41-45-49-53-57-61(68)66(73,62(69)58-54-50-46-42-38-34-30-26-22-18-14-10-6-2)65(72)67(74,63(70)59-55-51-47-43-39-35-31-27-23-19-15-11-7-3)64(71)60-56-52-48-44-40-36-32-28-24-20-16-12-8-4/h65,72-74H,5-60H2,1-4H3. The summed E-state index contributed by atoms with van der Waals surface area (Å²) in [6, 6.07) is 0. The van der Waals surface area contributed by atoms with E-state index in [-0.39, 0.29) is 25.7 Å². The van der Waals surface area contributed by atoms with E-state index in [0.29, 0.717) is 25.7 Å². The lowest BCUT2D eigenvalue weighted by Gasteiger charge is -2.39. The Kier molecular flexibility index (Phi) is 52.5. The Labute approximate surface area is 460 Å². The van der Waals surface area contributed by atoms with Crippen LogP contribution in [-0.2, 0) is 19.2 Å². The van der Waals surface area contributed by atoms with E-state index in [1.165, 1.54) is 205 Å². The molecule has 0 radical (unpaired) electrons. The van der Waals surface area contributed by atoms with Crippen molar-refractivity contribution in [3.05, 3.63) is 0 Å². The lowest BCUT2D eigenvalue weighted by molar-refractivity contribution is -0.193. The third-order valence-corrected chi connectivity index (χ3v) is 16.5. The van der Waals surface area contributed by atoms with Gasteiger partial charge < -0.3 is 15.3 Å². The summed E-state index contributed by atoms with van der Waals surface area (Å²) < 4.78 is 0. The van der Waals surface area contributed by atoms with Gasteiger partial charge in [0.1, 0.15) is 6.10 Å². The molecule has 0 atom stereocenters. The van der Waals surface area contributed by atoms with Crippen LogP contribution in [0, 0.1) is 0 Å². The van der Waals surface area contributed by atoms with Crippen LogP contribution in [0.1, 0.15) is 387 Å². The second-order valence-electron chi connectivity index (χ2n) is 23.6. The molecule has 0 aromatic rings. The van der Waals surface area contributed by atoms with Crippen LogP contribution >= 0.6 is 0 Å². The number of rotatable bonds is 62. The number of carbonyl (C=O) groups excluding carboxylic acids is 4. The van der Waals surface area contributed by atoms with Crippen LogP contribution in [0.4, 0.5) is 0 Å². The van der Waals surface area contributed by atoms with Crippen molar-refractivity contribution < 1.29 is 34.5 Å². The van der Waals surface area contributed by atoms with Crippen molar-refractivity contribution in [1.29, 1.82) is 0 Å². The molecule has 0 heterocycles. The fourth-order valence-electron chi connectivity index (χ4n) is 11.2. The second-order valence-corrected chi connectivity index (χ2v) is 23.6. The first-order chi connectivity index (χ1) is 36.1. The maximum Gasteiger partial charge on any atom is 0.211 e. The Balaban J connectivity index is 5.80. The molecule has 0 fully saturated rings.